The molecule has 0 aromatic heterocycles. The molecule has 0 radical (unpaired) electrons. The quantitative estimate of drug-likeness (QED) is 0.799. The molecule has 0 spiro atoms. The molecule has 2 rings (SSSR count). The van der Waals surface area contributed by atoms with Crippen LogP contribution in [0, 0.1) is 11.7 Å². The minimum Gasteiger partial charge on any atom is -0.353 e. The maximum atomic E-state index is 12.8. The number of rotatable bonds is 7. The summed E-state index contributed by atoms with van der Waals surface area (Å²) in [6.07, 6.45) is 2.36. The molecule has 1 unspecified atom stereocenters. The van der Waals surface area contributed by atoms with E-state index in [1.54, 1.807) is 0 Å². The highest BCUT2D eigenvalue weighted by molar-refractivity contribution is 7.89. The summed E-state index contributed by atoms with van der Waals surface area (Å²) in [6.45, 7) is 1.97. The Bertz CT molecular complexity index is 597. The number of benzene rings is 1. The normalized spacial score (nSPS) is 16.5. The minimum absolute atomic E-state index is 0.0168. The second-order valence-corrected chi connectivity index (χ2v) is 7.06. The van der Waals surface area contributed by atoms with Crippen molar-refractivity contribution in [2.75, 3.05) is 6.54 Å². The summed E-state index contributed by atoms with van der Waals surface area (Å²) in [5, 5.41) is 2.85. The highest BCUT2D eigenvalue weighted by atomic mass is 32.2. The summed E-state index contributed by atoms with van der Waals surface area (Å²) in [4.78, 5) is 11.6. The molecule has 0 heterocycles. The molecule has 1 saturated carbocycles. The first kappa shape index (κ1) is 15.9. The van der Waals surface area contributed by atoms with E-state index in [4.69, 9.17) is 0 Å². The van der Waals surface area contributed by atoms with Crippen LogP contribution in [0.5, 0.6) is 0 Å². The predicted molar refractivity (Wildman–Crippen MR) is 76.5 cm³/mol. The predicted octanol–water partition coefficient (Wildman–Crippen LogP) is 1.41. The third-order valence-electron chi connectivity index (χ3n) is 3.49. The van der Waals surface area contributed by atoms with Crippen molar-refractivity contribution in [3.63, 3.8) is 0 Å². The topological polar surface area (TPSA) is 75.3 Å². The van der Waals surface area contributed by atoms with Crippen LogP contribution in [0.15, 0.2) is 29.2 Å². The third-order valence-corrected chi connectivity index (χ3v) is 4.96. The number of hydrogen-bond donors (Lipinski definition) is 2. The van der Waals surface area contributed by atoms with E-state index in [-0.39, 0.29) is 29.8 Å². The standard InChI is InChI=1S/C14H19FN2O3S/c1-10(11-2-3-11)17-14(18)8-9-16-21(19,20)13-6-4-12(15)5-7-13/h4-7,10-11,16H,2-3,8-9H2,1H3,(H,17,18). The van der Waals surface area contributed by atoms with Crippen LogP contribution in [0.2, 0.25) is 0 Å². The van der Waals surface area contributed by atoms with E-state index in [1.807, 2.05) is 6.92 Å². The number of nitrogens with one attached hydrogen (secondary N) is 2. The van der Waals surface area contributed by atoms with Gasteiger partial charge >= 0.3 is 0 Å². The van der Waals surface area contributed by atoms with Gasteiger partial charge in [0.1, 0.15) is 5.82 Å². The molecular formula is C14H19FN2O3S. The third kappa shape index (κ3) is 4.78. The van der Waals surface area contributed by atoms with Crippen LogP contribution in [0.1, 0.15) is 26.2 Å². The van der Waals surface area contributed by atoms with Crippen molar-refractivity contribution in [1.29, 1.82) is 0 Å². The van der Waals surface area contributed by atoms with E-state index in [0.717, 1.165) is 25.0 Å². The average molecular weight is 314 g/mol. The molecule has 7 heteroatoms. The monoisotopic (exact) mass is 314 g/mol. The van der Waals surface area contributed by atoms with Crippen molar-refractivity contribution in [3.8, 4) is 0 Å². The van der Waals surface area contributed by atoms with Gasteiger partial charge in [-0.25, -0.2) is 17.5 Å². The van der Waals surface area contributed by atoms with Crippen LogP contribution in [0.25, 0.3) is 0 Å². The minimum atomic E-state index is -3.70. The van der Waals surface area contributed by atoms with Gasteiger partial charge in [-0.1, -0.05) is 0 Å². The molecule has 2 N–H and O–H groups in total. The average Bonchev–Trinajstić information content (AvgIpc) is 3.23. The molecule has 0 aliphatic heterocycles. The lowest BCUT2D eigenvalue weighted by molar-refractivity contribution is -0.121. The Balaban J connectivity index is 1.78. The fourth-order valence-corrected chi connectivity index (χ4v) is 3.07. The molecule has 0 saturated heterocycles. The molecule has 5 nitrogen and oxygen atoms in total. The zero-order valence-electron chi connectivity index (χ0n) is 11.8. The SMILES string of the molecule is CC(NC(=O)CCNS(=O)(=O)c1ccc(F)cc1)C1CC1. The second kappa shape index (κ2) is 6.53. The van der Waals surface area contributed by atoms with Crippen molar-refractivity contribution in [2.45, 2.75) is 37.1 Å². The highest BCUT2D eigenvalue weighted by Gasteiger charge is 2.28. The summed E-state index contributed by atoms with van der Waals surface area (Å²) < 4.78 is 38.9. The Morgan fingerprint density at radius 2 is 1.95 bits per heavy atom. The van der Waals surface area contributed by atoms with Crippen LogP contribution in [0.4, 0.5) is 4.39 Å². The fourth-order valence-electron chi connectivity index (χ4n) is 2.04. The van der Waals surface area contributed by atoms with Gasteiger partial charge < -0.3 is 5.32 Å². The molecule has 1 aliphatic carbocycles. The van der Waals surface area contributed by atoms with Crippen LogP contribution in [0.3, 0.4) is 0 Å². The Labute approximate surface area is 124 Å². The molecule has 1 aromatic carbocycles. The van der Waals surface area contributed by atoms with Crippen molar-refractivity contribution >= 4 is 15.9 Å². The number of carbonyl (C=O) groups excluding carboxylic acids is 1. The lowest BCUT2D eigenvalue weighted by Gasteiger charge is -2.13. The zero-order valence-corrected chi connectivity index (χ0v) is 12.6. The van der Waals surface area contributed by atoms with Gasteiger partial charge in [0.15, 0.2) is 0 Å². The zero-order chi connectivity index (χ0) is 15.5. The van der Waals surface area contributed by atoms with E-state index >= 15 is 0 Å². The van der Waals surface area contributed by atoms with Gasteiger partial charge in [0.05, 0.1) is 4.90 Å². The van der Waals surface area contributed by atoms with Crippen molar-refractivity contribution < 1.29 is 17.6 Å². The van der Waals surface area contributed by atoms with E-state index in [1.165, 1.54) is 12.1 Å². The van der Waals surface area contributed by atoms with Crippen LogP contribution >= 0.6 is 0 Å². The number of hydrogen-bond acceptors (Lipinski definition) is 3. The number of amides is 1. The molecule has 116 valence electrons. The highest BCUT2D eigenvalue weighted by Crippen LogP contribution is 2.32. The van der Waals surface area contributed by atoms with Gasteiger partial charge in [0.25, 0.3) is 0 Å². The van der Waals surface area contributed by atoms with Crippen molar-refractivity contribution in [3.05, 3.63) is 30.1 Å². The first-order chi connectivity index (χ1) is 9.88. The lowest BCUT2D eigenvalue weighted by atomic mass is 10.2. The van der Waals surface area contributed by atoms with Gasteiger partial charge in [0.2, 0.25) is 15.9 Å². The molecule has 0 bridgehead atoms. The summed E-state index contributed by atoms with van der Waals surface area (Å²) in [7, 11) is -3.70. The van der Waals surface area contributed by atoms with Gasteiger partial charge in [-0.05, 0) is 49.9 Å². The molecule has 1 amide bonds. The van der Waals surface area contributed by atoms with Gasteiger partial charge in [0, 0.05) is 19.0 Å². The summed E-state index contributed by atoms with van der Waals surface area (Å²) >= 11 is 0. The van der Waals surface area contributed by atoms with Gasteiger partial charge in [-0.2, -0.15) is 0 Å². The molecular weight excluding hydrogens is 295 g/mol. The van der Waals surface area contributed by atoms with Crippen molar-refractivity contribution in [2.24, 2.45) is 5.92 Å². The molecule has 21 heavy (non-hydrogen) atoms. The Hall–Kier alpha value is -1.47. The number of halogens is 1. The Morgan fingerprint density at radius 3 is 2.52 bits per heavy atom. The van der Waals surface area contributed by atoms with E-state index in [2.05, 4.69) is 10.0 Å². The maximum absolute atomic E-state index is 12.8. The van der Waals surface area contributed by atoms with Crippen molar-refractivity contribution in [1.82, 2.24) is 10.0 Å². The molecule has 1 aliphatic rings. The van der Waals surface area contributed by atoms with Crippen LogP contribution in [-0.4, -0.2) is 26.9 Å². The van der Waals surface area contributed by atoms with E-state index in [0.29, 0.717) is 5.92 Å². The van der Waals surface area contributed by atoms with E-state index < -0.39 is 15.8 Å². The number of carbonyl (C=O) groups is 1. The van der Waals surface area contributed by atoms with Crippen LogP contribution in [-0.2, 0) is 14.8 Å². The maximum Gasteiger partial charge on any atom is 0.240 e. The largest absolute Gasteiger partial charge is 0.353 e. The fraction of sp³-hybridized carbons (Fsp3) is 0.500. The van der Waals surface area contributed by atoms with Crippen LogP contribution < -0.4 is 10.0 Å². The van der Waals surface area contributed by atoms with Gasteiger partial charge in [-0.15, -0.1) is 0 Å². The summed E-state index contributed by atoms with van der Waals surface area (Å²) in [6, 6.07) is 4.68. The molecule has 1 aromatic rings. The smallest absolute Gasteiger partial charge is 0.240 e. The summed E-state index contributed by atoms with van der Waals surface area (Å²) in [5.41, 5.74) is 0. The van der Waals surface area contributed by atoms with E-state index in [9.17, 15) is 17.6 Å². The Kier molecular flexibility index (Phi) is 4.95. The Morgan fingerprint density at radius 1 is 1.33 bits per heavy atom. The lowest BCUT2D eigenvalue weighted by Crippen LogP contribution is -2.36. The molecule has 1 fully saturated rings. The first-order valence-corrected chi connectivity index (χ1v) is 8.41. The molecule has 1 atom stereocenters. The summed E-state index contributed by atoms with van der Waals surface area (Å²) in [5.74, 6) is -0.108. The first-order valence-electron chi connectivity index (χ1n) is 6.93. The second-order valence-electron chi connectivity index (χ2n) is 5.30. The van der Waals surface area contributed by atoms with Gasteiger partial charge in [-0.3, -0.25) is 4.79 Å². The number of sulfonamides is 1.